The van der Waals surface area contributed by atoms with Gasteiger partial charge in [0.05, 0.1) is 5.69 Å². The zero-order valence-electron chi connectivity index (χ0n) is 9.62. The minimum absolute atomic E-state index is 0.0255. The van der Waals surface area contributed by atoms with Gasteiger partial charge in [0.2, 0.25) is 0 Å². The van der Waals surface area contributed by atoms with Crippen LogP contribution in [0.2, 0.25) is 0 Å². The maximum Gasteiger partial charge on any atom is 0.375 e. The molecule has 0 unspecified atom stereocenters. The van der Waals surface area contributed by atoms with Gasteiger partial charge in [-0.2, -0.15) is 0 Å². The number of aromatic nitrogens is 1. The molecule has 0 atom stereocenters. The molecule has 0 saturated heterocycles. The second-order valence-corrected chi connectivity index (χ2v) is 4.48. The van der Waals surface area contributed by atoms with Crippen LogP contribution in [0.4, 0.5) is 0 Å². The molecule has 0 saturated carbocycles. The molecule has 0 radical (unpaired) electrons. The Hall–Kier alpha value is -1.85. The van der Waals surface area contributed by atoms with Gasteiger partial charge in [0.15, 0.2) is 0 Å². The van der Waals surface area contributed by atoms with Crippen molar-refractivity contribution in [2.45, 2.75) is 33.2 Å². The van der Waals surface area contributed by atoms with Gasteiger partial charge in [-0.05, 0) is 27.7 Å². The predicted molar refractivity (Wildman–Crippen MR) is 55.4 cm³/mol. The van der Waals surface area contributed by atoms with Gasteiger partial charge < -0.3 is 14.9 Å². The van der Waals surface area contributed by atoms with Crippen LogP contribution in [0, 0.1) is 6.92 Å². The molecule has 0 aliphatic heterocycles. The Labute approximate surface area is 92.6 Å². The molecule has 0 spiro atoms. The van der Waals surface area contributed by atoms with Crippen LogP contribution in [-0.4, -0.2) is 27.7 Å². The average molecular weight is 226 g/mol. The first-order chi connectivity index (χ1) is 7.22. The van der Waals surface area contributed by atoms with E-state index in [0.717, 1.165) is 0 Å². The molecule has 2 N–H and O–H groups in total. The van der Waals surface area contributed by atoms with E-state index in [-0.39, 0.29) is 11.3 Å². The van der Waals surface area contributed by atoms with Crippen molar-refractivity contribution in [1.82, 2.24) is 10.5 Å². The zero-order valence-corrected chi connectivity index (χ0v) is 9.62. The van der Waals surface area contributed by atoms with Crippen molar-refractivity contribution in [2.75, 3.05) is 0 Å². The third-order valence-electron chi connectivity index (χ3n) is 1.77. The average Bonchev–Trinajstić information content (AvgIpc) is 2.43. The third-order valence-corrected chi connectivity index (χ3v) is 1.77. The first kappa shape index (κ1) is 12.2. The number of rotatable bonds is 2. The first-order valence-corrected chi connectivity index (χ1v) is 4.74. The number of hydrogen-bond acceptors (Lipinski definition) is 4. The summed E-state index contributed by atoms with van der Waals surface area (Å²) >= 11 is 0. The molecule has 1 amide bonds. The Morgan fingerprint density at radius 1 is 1.38 bits per heavy atom. The zero-order chi connectivity index (χ0) is 12.5. The molecule has 1 rings (SSSR count). The summed E-state index contributed by atoms with van der Waals surface area (Å²) in [5.74, 6) is -2.23. The monoisotopic (exact) mass is 226 g/mol. The quantitative estimate of drug-likeness (QED) is 0.790. The number of carboxylic acid groups (broad SMARTS) is 1. The lowest BCUT2D eigenvalue weighted by molar-refractivity contribution is 0.0644. The summed E-state index contributed by atoms with van der Waals surface area (Å²) in [6.07, 6.45) is 0. The molecule has 88 valence electrons. The smallest absolute Gasteiger partial charge is 0.375 e. The number of aryl methyl sites for hydroxylation is 1. The molecule has 1 aromatic heterocycles. The number of hydrogen-bond donors (Lipinski definition) is 2. The fourth-order valence-corrected chi connectivity index (χ4v) is 1.19. The summed E-state index contributed by atoms with van der Waals surface area (Å²) in [6.45, 7) is 6.92. The van der Waals surface area contributed by atoms with Crippen molar-refractivity contribution in [3.05, 3.63) is 17.0 Å². The standard InChI is InChI=1S/C10H14N2O4/c1-5-6(7(9(14)15)16-12-5)8(13)11-10(2,3)4/h1-4H3,(H,11,13)(H,14,15). The molecule has 0 aliphatic carbocycles. The van der Waals surface area contributed by atoms with Crippen LogP contribution in [-0.2, 0) is 0 Å². The van der Waals surface area contributed by atoms with Gasteiger partial charge in [0.1, 0.15) is 5.56 Å². The second kappa shape index (κ2) is 3.96. The lowest BCUT2D eigenvalue weighted by Crippen LogP contribution is -2.41. The Bertz CT molecular complexity index is 429. The van der Waals surface area contributed by atoms with E-state index >= 15 is 0 Å². The van der Waals surface area contributed by atoms with Crippen molar-refractivity contribution in [1.29, 1.82) is 0 Å². The highest BCUT2D eigenvalue weighted by Gasteiger charge is 2.27. The minimum Gasteiger partial charge on any atom is -0.475 e. The van der Waals surface area contributed by atoms with Gasteiger partial charge in [-0.25, -0.2) is 4.79 Å². The van der Waals surface area contributed by atoms with Crippen molar-refractivity contribution in [3.8, 4) is 0 Å². The van der Waals surface area contributed by atoms with E-state index in [2.05, 4.69) is 15.0 Å². The Morgan fingerprint density at radius 3 is 2.38 bits per heavy atom. The van der Waals surface area contributed by atoms with Crippen LogP contribution in [0.25, 0.3) is 0 Å². The number of carboxylic acids is 1. The predicted octanol–water partition coefficient (Wildman–Crippen LogP) is 1.21. The maximum atomic E-state index is 11.8. The molecule has 1 aromatic rings. The fourth-order valence-electron chi connectivity index (χ4n) is 1.19. The topological polar surface area (TPSA) is 92.4 Å². The number of amides is 1. The molecule has 6 heteroatoms. The first-order valence-electron chi connectivity index (χ1n) is 4.74. The van der Waals surface area contributed by atoms with Crippen LogP contribution in [0.15, 0.2) is 4.52 Å². The molecular formula is C10H14N2O4. The summed E-state index contributed by atoms with van der Waals surface area (Å²) in [5.41, 5.74) is -0.210. The Kier molecular flexibility index (Phi) is 3.02. The van der Waals surface area contributed by atoms with Crippen LogP contribution >= 0.6 is 0 Å². The molecule has 0 aliphatic rings. The maximum absolute atomic E-state index is 11.8. The number of carbonyl (C=O) groups excluding carboxylic acids is 1. The summed E-state index contributed by atoms with van der Waals surface area (Å²) < 4.78 is 4.58. The van der Waals surface area contributed by atoms with Gasteiger partial charge >= 0.3 is 5.97 Å². The largest absolute Gasteiger partial charge is 0.475 e. The van der Waals surface area contributed by atoms with Crippen molar-refractivity contribution >= 4 is 11.9 Å². The second-order valence-electron chi connectivity index (χ2n) is 4.48. The Morgan fingerprint density at radius 2 is 1.94 bits per heavy atom. The molecule has 0 bridgehead atoms. The number of carbonyl (C=O) groups is 2. The highest BCUT2D eigenvalue weighted by atomic mass is 16.5. The van der Waals surface area contributed by atoms with Gasteiger partial charge in [-0.1, -0.05) is 5.16 Å². The highest BCUT2D eigenvalue weighted by Crippen LogP contribution is 2.14. The summed E-state index contributed by atoms with van der Waals surface area (Å²) in [6, 6.07) is 0. The van der Waals surface area contributed by atoms with Gasteiger partial charge in [-0.3, -0.25) is 4.79 Å². The molecular weight excluding hydrogens is 212 g/mol. The van der Waals surface area contributed by atoms with Crippen LogP contribution < -0.4 is 5.32 Å². The third kappa shape index (κ3) is 2.59. The van der Waals surface area contributed by atoms with Crippen molar-refractivity contribution in [3.63, 3.8) is 0 Å². The van der Waals surface area contributed by atoms with E-state index in [9.17, 15) is 9.59 Å². The molecule has 0 fully saturated rings. The van der Waals surface area contributed by atoms with Crippen LogP contribution in [0.3, 0.4) is 0 Å². The van der Waals surface area contributed by atoms with E-state index in [1.807, 2.05) is 0 Å². The van der Waals surface area contributed by atoms with Gasteiger partial charge in [0.25, 0.3) is 11.7 Å². The molecule has 1 heterocycles. The lowest BCUT2D eigenvalue weighted by atomic mass is 10.1. The van der Waals surface area contributed by atoms with E-state index in [4.69, 9.17) is 5.11 Å². The molecule has 0 aromatic carbocycles. The lowest BCUT2D eigenvalue weighted by Gasteiger charge is -2.20. The van der Waals surface area contributed by atoms with Crippen molar-refractivity contribution in [2.24, 2.45) is 0 Å². The highest BCUT2D eigenvalue weighted by molar-refractivity contribution is 6.04. The van der Waals surface area contributed by atoms with Gasteiger partial charge in [0, 0.05) is 5.54 Å². The SMILES string of the molecule is Cc1noc(C(=O)O)c1C(=O)NC(C)(C)C. The van der Waals surface area contributed by atoms with E-state index in [1.54, 1.807) is 20.8 Å². The summed E-state index contributed by atoms with van der Waals surface area (Å²) in [4.78, 5) is 22.6. The van der Waals surface area contributed by atoms with Crippen LogP contribution in [0.5, 0.6) is 0 Å². The van der Waals surface area contributed by atoms with Crippen LogP contribution in [0.1, 0.15) is 47.4 Å². The van der Waals surface area contributed by atoms with E-state index in [1.165, 1.54) is 6.92 Å². The molecule has 16 heavy (non-hydrogen) atoms. The fraction of sp³-hybridized carbons (Fsp3) is 0.500. The number of aromatic carboxylic acids is 1. The molecule has 6 nitrogen and oxygen atoms in total. The normalized spacial score (nSPS) is 11.2. The Balaban J connectivity index is 3.08. The number of nitrogens with one attached hydrogen (secondary N) is 1. The van der Waals surface area contributed by atoms with Gasteiger partial charge in [-0.15, -0.1) is 0 Å². The summed E-state index contributed by atoms with van der Waals surface area (Å²) in [7, 11) is 0. The van der Waals surface area contributed by atoms with E-state index < -0.39 is 23.2 Å². The minimum atomic E-state index is -1.31. The van der Waals surface area contributed by atoms with E-state index in [0.29, 0.717) is 0 Å². The summed E-state index contributed by atoms with van der Waals surface area (Å²) in [5, 5.41) is 14.9. The van der Waals surface area contributed by atoms with Crippen molar-refractivity contribution < 1.29 is 19.2 Å². The number of nitrogens with zero attached hydrogens (tertiary/aromatic N) is 1.